The zero-order chi connectivity index (χ0) is 19.1. The molecule has 1 aromatic rings. The Bertz CT molecular complexity index is 692. The fourth-order valence-corrected chi connectivity index (χ4v) is 5.41. The summed E-state index contributed by atoms with van der Waals surface area (Å²) in [5, 5.41) is 19.7. The number of rotatable bonds is 6. The predicted octanol–water partition coefficient (Wildman–Crippen LogP) is 7.33. The average molecular weight is 363 g/mol. The summed E-state index contributed by atoms with van der Waals surface area (Å²) in [6, 6.07) is 9.23. The van der Waals surface area contributed by atoms with Crippen molar-refractivity contribution in [1.82, 2.24) is 0 Å². The molecule has 3 rings (SSSR count). The molecule has 0 unspecified atom stereocenters. The highest BCUT2D eigenvalue weighted by atomic mass is 14.4. The minimum Gasteiger partial charge on any atom is -0.192 e. The van der Waals surface area contributed by atoms with Crippen LogP contribution in [0.15, 0.2) is 12.1 Å². The Kier molecular flexibility index (Phi) is 7.34. The van der Waals surface area contributed by atoms with E-state index >= 15 is 0 Å². The highest BCUT2D eigenvalue weighted by Gasteiger charge is 2.27. The fraction of sp³-hybridized carbons (Fsp3) is 0.680. The number of benzene rings is 1. The molecule has 2 heteroatoms. The van der Waals surface area contributed by atoms with Gasteiger partial charge in [0.25, 0.3) is 0 Å². The average Bonchev–Trinajstić information content (AvgIpc) is 2.74. The van der Waals surface area contributed by atoms with E-state index in [4.69, 9.17) is 0 Å². The van der Waals surface area contributed by atoms with Crippen molar-refractivity contribution in [3.05, 3.63) is 34.4 Å². The quantitative estimate of drug-likeness (QED) is 0.497. The van der Waals surface area contributed by atoms with E-state index in [1.165, 1.54) is 83.5 Å². The molecular formula is C25H34N2. The number of hydrogen-bond acceptors (Lipinski definition) is 2. The minimum atomic E-state index is 0.467. The lowest BCUT2D eigenvalue weighted by Gasteiger charge is -2.30. The van der Waals surface area contributed by atoms with Crippen LogP contribution in [-0.2, 0) is 0 Å². The van der Waals surface area contributed by atoms with Crippen molar-refractivity contribution >= 4 is 0 Å². The Morgan fingerprint density at radius 1 is 0.778 bits per heavy atom. The highest BCUT2D eigenvalue weighted by Crippen LogP contribution is 2.42. The molecule has 0 aliphatic heterocycles. The minimum absolute atomic E-state index is 0.467. The van der Waals surface area contributed by atoms with E-state index in [-0.39, 0.29) is 0 Å². The predicted molar refractivity (Wildman–Crippen MR) is 111 cm³/mol. The first-order valence-corrected chi connectivity index (χ1v) is 11.3. The second kappa shape index (κ2) is 9.94. The molecule has 2 aliphatic rings. The van der Waals surface area contributed by atoms with Gasteiger partial charge >= 0.3 is 0 Å². The summed E-state index contributed by atoms with van der Waals surface area (Å²) in [5.74, 6) is 1.81. The SMILES string of the molecule is CCCCCC1CCC(c2ccc(C3CCCCC3)c(C#N)c2C#N)CC1. The Labute approximate surface area is 165 Å². The van der Waals surface area contributed by atoms with Crippen molar-refractivity contribution < 1.29 is 0 Å². The van der Waals surface area contributed by atoms with Crippen LogP contribution in [0.1, 0.15) is 124 Å². The van der Waals surface area contributed by atoms with Gasteiger partial charge in [-0.1, -0.05) is 64.0 Å². The maximum atomic E-state index is 9.88. The number of hydrogen-bond donors (Lipinski definition) is 0. The van der Waals surface area contributed by atoms with Crippen LogP contribution in [-0.4, -0.2) is 0 Å². The van der Waals surface area contributed by atoms with Crippen LogP contribution in [0, 0.1) is 28.6 Å². The molecule has 144 valence electrons. The number of nitriles is 2. The first-order valence-electron chi connectivity index (χ1n) is 11.3. The lowest BCUT2D eigenvalue weighted by molar-refractivity contribution is 0.302. The van der Waals surface area contributed by atoms with E-state index in [1.807, 2.05) is 0 Å². The third kappa shape index (κ3) is 4.73. The molecule has 0 N–H and O–H groups in total. The van der Waals surface area contributed by atoms with E-state index in [0.717, 1.165) is 17.0 Å². The van der Waals surface area contributed by atoms with Crippen LogP contribution in [0.4, 0.5) is 0 Å². The van der Waals surface area contributed by atoms with E-state index in [0.29, 0.717) is 23.0 Å². The largest absolute Gasteiger partial charge is 0.192 e. The standard InChI is InChI=1S/C25H34N2/c1-2-3-5-8-19-11-13-21(14-12-19)23-16-15-22(20-9-6-4-7-10-20)24(17-26)25(23)18-27/h15-16,19-21H,2-14H2,1H3. The molecule has 0 aromatic heterocycles. The number of nitrogens with zero attached hydrogens (tertiary/aromatic N) is 2. The summed E-state index contributed by atoms with van der Waals surface area (Å²) >= 11 is 0. The zero-order valence-corrected chi connectivity index (χ0v) is 17.0. The van der Waals surface area contributed by atoms with Gasteiger partial charge in [0, 0.05) is 0 Å². The van der Waals surface area contributed by atoms with Crippen molar-refractivity contribution in [3.8, 4) is 12.1 Å². The molecule has 0 atom stereocenters. The lowest BCUT2D eigenvalue weighted by atomic mass is 9.74. The van der Waals surface area contributed by atoms with Crippen LogP contribution in [0.3, 0.4) is 0 Å². The molecule has 0 saturated heterocycles. The first-order chi connectivity index (χ1) is 13.3. The summed E-state index contributed by atoms with van der Waals surface area (Å²) < 4.78 is 0. The van der Waals surface area contributed by atoms with Gasteiger partial charge in [-0.05, 0) is 67.4 Å². The van der Waals surface area contributed by atoms with Crippen molar-refractivity contribution in [2.75, 3.05) is 0 Å². The molecule has 1 aromatic carbocycles. The highest BCUT2D eigenvalue weighted by molar-refractivity contribution is 5.56. The molecule has 0 amide bonds. The summed E-state index contributed by atoms with van der Waals surface area (Å²) in [5.41, 5.74) is 3.67. The van der Waals surface area contributed by atoms with Crippen LogP contribution in [0.25, 0.3) is 0 Å². The third-order valence-corrected chi connectivity index (χ3v) is 7.04. The summed E-state index contributed by atoms with van der Waals surface area (Å²) in [7, 11) is 0. The normalized spacial score (nSPS) is 23.5. The van der Waals surface area contributed by atoms with Gasteiger partial charge in [-0.25, -0.2) is 0 Å². The van der Waals surface area contributed by atoms with Gasteiger partial charge in [0.15, 0.2) is 0 Å². The summed E-state index contributed by atoms with van der Waals surface area (Å²) in [6.45, 7) is 2.27. The van der Waals surface area contributed by atoms with Gasteiger partial charge in [-0.2, -0.15) is 10.5 Å². The van der Waals surface area contributed by atoms with Crippen LogP contribution >= 0.6 is 0 Å². The Balaban J connectivity index is 1.75. The van der Waals surface area contributed by atoms with Gasteiger partial charge in [0.05, 0.1) is 11.1 Å². The molecule has 2 saturated carbocycles. The van der Waals surface area contributed by atoms with Crippen molar-refractivity contribution in [2.45, 2.75) is 102 Å². The Hall–Kier alpha value is -1.80. The van der Waals surface area contributed by atoms with E-state index in [2.05, 4.69) is 31.2 Å². The van der Waals surface area contributed by atoms with E-state index in [1.54, 1.807) is 0 Å². The fourth-order valence-electron chi connectivity index (χ4n) is 5.41. The van der Waals surface area contributed by atoms with Gasteiger partial charge in [0.1, 0.15) is 12.1 Å². The van der Waals surface area contributed by atoms with E-state index in [9.17, 15) is 10.5 Å². The molecular weight excluding hydrogens is 328 g/mol. The van der Waals surface area contributed by atoms with Crippen LogP contribution in [0.5, 0.6) is 0 Å². The molecule has 0 spiro atoms. The Morgan fingerprint density at radius 3 is 1.85 bits per heavy atom. The van der Waals surface area contributed by atoms with Crippen molar-refractivity contribution in [1.29, 1.82) is 10.5 Å². The Morgan fingerprint density at radius 2 is 1.33 bits per heavy atom. The maximum Gasteiger partial charge on any atom is 0.101 e. The van der Waals surface area contributed by atoms with Gasteiger partial charge in [0.2, 0.25) is 0 Å². The first kappa shape index (κ1) is 19.9. The summed E-state index contributed by atoms with van der Waals surface area (Å²) in [6.07, 6.45) is 16.5. The summed E-state index contributed by atoms with van der Waals surface area (Å²) in [4.78, 5) is 0. The molecule has 0 heterocycles. The molecule has 0 radical (unpaired) electrons. The van der Waals surface area contributed by atoms with Crippen LogP contribution in [0.2, 0.25) is 0 Å². The van der Waals surface area contributed by atoms with Crippen molar-refractivity contribution in [3.63, 3.8) is 0 Å². The van der Waals surface area contributed by atoms with Gasteiger partial charge in [-0.15, -0.1) is 0 Å². The van der Waals surface area contributed by atoms with Gasteiger partial charge in [-0.3, -0.25) is 0 Å². The topological polar surface area (TPSA) is 47.6 Å². The van der Waals surface area contributed by atoms with Crippen molar-refractivity contribution in [2.24, 2.45) is 5.92 Å². The monoisotopic (exact) mass is 362 g/mol. The smallest absolute Gasteiger partial charge is 0.101 e. The van der Waals surface area contributed by atoms with E-state index < -0.39 is 0 Å². The molecule has 2 aliphatic carbocycles. The molecule has 27 heavy (non-hydrogen) atoms. The van der Waals surface area contributed by atoms with Crippen LogP contribution < -0.4 is 0 Å². The zero-order valence-electron chi connectivity index (χ0n) is 17.0. The maximum absolute atomic E-state index is 9.88. The van der Waals surface area contributed by atoms with Gasteiger partial charge < -0.3 is 0 Å². The molecule has 2 nitrogen and oxygen atoms in total. The second-order valence-electron chi connectivity index (χ2n) is 8.77. The second-order valence-corrected chi connectivity index (χ2v) is 8.77. The molecule has 0 bridgehead atoms. The third-order valence-electron chi connectivity index (χ3n) is 7.04. The lowest BCUT2D eigenvalue weighted by Crippen LogP contribution is -2.16. The molecule has 2 fully saturated rings. The number of unbranched alkanes of at least 4 members (excludes halogenated alkanes) is 2.